The van der Waals surface area contributed by atoms with Gasteiger partial charge in [0.05, 0.1) is 17.3 Å². The van der Waals surface area contributed by atoms with Crippen LogP contribution < -0.4 is 5.32 Å². The third-order valence-electron chi connectivity index (χ3n) is 3.75. The van der Waals surface area contributed by atoms with Crippen molar-refractivity contribution >= 4 is 17.5 Å². The normalized spacial score (nSPS) is 11.8. The molecule has 0 saturated carbocycles. The van der Waals surface area contributed by atoms with Crippen LogP contribution in [0.25, 0.3) is 0 Å². The van der Waals surface area contributed by atoms with E-state index in [4.69, 9.17) is 11.6 Å². The Hall–Kier alpha value is -2.03. The number of aromatic nitrogens is 4. The molecule has 2 aromatic rings. The minimum atomic E-state index is -4.61. The molecule has 6 nitrogen and oxygen atoms in total. The molecule has 0 fully saturated rings. The minimum absolute atomic E-state index is 0.0247. The molecule has 0 atom stereocenters. The molecule has 0 bridgehead atoms. The molecule has 25 heavy (non-hydrogen) atoms. The maximum atomic E-state index is 12.7. The van der Waals surface area contributed by atoms with Gasteiger partial charge >= 0.3 is 6.18 Å². The van der Waals surface area contributed by atoms with Gasteiger partial charge in [-0.1, -0.05) is 11.6 Å². The molecule has 0 aliphatic carbocycles. The highest BCUT2D eigenvalue weighted by Crippen LogP contribution is 2.35. The Morgan fingerprint density at radius 3 is 2.56 bits per heavy atom. The van der Waals surface area contributed by atoms with Crippen molar-refractivity contribution in [1.29, 1.82) is 0 Å². The maximum Gasteiger partial charge on any atom is 0.436 e. The first-order chi connectivity index (χ1) is 11.7. The third kappa shape index (κ3) is 4.97. The Bertz CT molecular complexity index is 738. The summed E-state index contributed by atoms with van der Waals surface area (Å²) in [6, 6.07) is 1.89. The average Bonchev–Trinajstić information content (AvgIpc) is 3.06. The fraction of sp³-hybridized carbons (Fsp3) is 0.533. The Balaban J connectivity index is 1.77. The van der Waals surface area contributed by atoms with Crippen LogP contribution in [0.3, 0.4) is 0 Å². The second-order valence-corrected chi connectivity index (χ2v) is 6.00. The number of alkyl halides is 3. The van der Waals surface area contributed by atoms with Gasteiger partial charge in [-0.2, -0.15) is 23.4 Å². The highest BCUT2D eigenvalue weighted by atomic mass is 35.5. The van der Waals surface area contributed by atoms with E-state index in [1.807, 2.05) is 17.7 Å². The monoisotopic (exact) mass is 377 g/mol. The summed E-state index contributed by atoms with van der Waals surface area (Å²) < 4.78 is 41.2. The number of carbonyl (C=O) groups excluding carboxylic acids is 1. The van der Waals surface area contributed by atoms with E-state index >= 15 is 0 Å². The average molecular weight is 378 g/mol. The predicted octanol–water partition coefficient (Wildman–Crippen LogP) is 2.97. The Morgan fingerprint density at radius 1 is 1.28 bits per heavy atom. The number of hydrogen-bond donors (Lipinski definition) is 1. The van der Waals surface area contributed by atoms with Gasteiger partial charge in [0.2, 0.25) is 5.91 Å². The first kappa shape index (κ1) is 19.3. The second kappa shape index (κ2) is 7.90. The van der Waals surface area contributed by atoms with Gasteiger partial charge in [0.15, 0.2) is 5.69 Å². The van der Waals surface area contributed by atoms with Crippen LogP contribution in [-0.2, 0) is 24.1 Å². The van der Waals surface area contributed by atoms with E-state index < -0.39 is 16.9 Å². The van der Waals surface area contributed by atoms with Gasteiger partial charge in [-0.3, -0.25) is 14.2 Å². The van der Waals surface area contributed by atoms with E-state index in [1.165, 1.54) is 6.92 Å². The fourth-order valence-corrected chi connectivity index (χ4v) is 2.55. The van der Waals surface area contributed by atoms with Gasteiger partial charge in [-0.15, -0.1) is 0 Å². The van der Waals surface area contributed by atoms with Crippen molar-refractivity contribution in [2.24, 2.45) is 0 Å². The van der Waals surface area contributed by atoms with Gasteiger partial charge in [0.25, 0.3) is 0 Å². The number of aryl methyl sites for hydroxylation is 3. The molecule has 0 radical (unpaired) electrons. The van der Waals surface area contributed by atoms with Gasteiger partial charge in [-0.25, -0.2) is 0 Å². The van der Waals surface area contributed by atoms with Crippen LogP contribution in [-0.4, -0.2) is 32.0 Å². The summed E-state index contributed by atoms with van der Waals surface area (Å²) >= 11 is 5.67. The molecule has 0 unspecified atom stereocenters. The van der Waals surface area contributed by atoms with Crippen molar-refractivity contribution in [3.8, 4) is 0 Å². The molecule has 0 aliphatic heterocycles. The minimum Gasteiger partial charge on any atom is -0.356 e. The predicted molar refractivity (Wildman–Crippen MR) is 86.2 cm³/mol. The smallest absolute Gasteiger partial charge is 0.356 e. The summed E-state index contributed by atoms with van der Waals surface area (Å²) in [7, 11) is 0. The number of amides is 1. The summed E-state index contributed by atoms with van der Waals surface area (Å²) in [4.78, 5) is 11.8. The number of carbonyl (C=O) groups is 1. The summed E-state index contributed by atoms with van der Waals surface area (Å²) in [6.07, 6.45) is -2.17. The van der Waals surface area contributed by atoms with Gasteiger partial charge in [0.1, 0.15) is 0 Å². The Labute approximate surface area is 147 Å². The zero-order valence-corrected chi connectivity index (χ0v) is 14.7. The van der Waals surface area contributed by atoms with E-state index in [1.54, 1.807) is 6.20 Å². The SMILES string of the molecule is Cc1ccnn1CCCNC(=O)CCn1nc(C(F)(F)F)c(Cl)c1C. The topological polar surface area (TPSA) is 64.7 Å². The molecule has 0 spiro atoms. The first-order valence-electron chi connectivity index (χ1n) is 7.75. The largest absolute Gasteiger partial charge is 0.436 e. The van der Waals surface area contributed by atoms with Gasteiger partial charge in [0, 0.05) is 31.4 Å². The highest BCUT2D eigenvalue weighted by Gasteiger charge is 2.38. The number of halogens is 4. The molecule has 0 saturated heterocycles. The van der Waals surface area contributed by atoms with Crippen LogP contribution in [0.5, 0.6) is 0 Å². The van der Waals surface area contributed by atoms with Crippen molar-refractivity contribution in [1.82, 2.24) is 24.9 Å². The van der Waals surface area contributed by atoms with E-state index in [0.717, 1.165) is 10.4 Å². The molecule has 2 rings (SSSR count). The molecule has 1 N–H and O–H groups in total. The van der Waals surface area contributed by atoms with Crippen LogP contribution in [0.2, 0.25) is 5.02 Å². The quantitative estimate of drug-likeness (QED) is 0.754. The maximum absolute atomic E-state index is 12.7. The van der Waals surface area contributed by atoms with Crippen molar-refractivity contribution in [3.63, 3.8) is 0 Å². The lowest BCUT2D eigenvalue weighted by Gasteiger charge is -2.08. The summed E-state index contributed by atoms with van der Waals surface area (Å²) in [5, 5.41) is 9.90. The lowest BCUT2D eigenvalue weighted by atomic mass is 10.3. The molecule has 0 aromatic carbocycles. The number of hydrogen-bond acceptors (Lipinski definition) is 3. The number of nitrogens with one attached hydrogen (secondary N) is 1. The van der Waals surface area contributed by atoms with Crippen molar-refractivity contribution in [2.75, 3.05) is 6.54 Å². The fourth-order valence-electron chi connectivity index (χ4n) is 2.31. The van der Waals surface area contributed by atoms with Crippen LogP contribution >= 0.6 is 11.6 Å². The van der Waals surface area contributed by atoms with Crippen LogP contribution in [0.1, 0.15) is 29.9 Å². The Morgan fingerprint density at radius 2 is 2.00 bits per heavy atom. The molecule has 2 aromatic heterocycles. The van der Waals surface area contributed by atoms with E-state index in [0.29, 0.717) is 19.5 Å². The molecule has 0 aliphatic rings. The number of rotatable bonds is 7. The van der Waals surface area contributed by atoms with Crippen molar-refractivity contribution in [3.05, 3.63) is 34.4 Å². The van der Waals surface area contributed by atoms with E-state index in [9.17, 15) is 18.0 Å². The summed E-state index contributed by atoms with van der Waals surface area (Å²) in [6.45, 7) is 4.56. The summed E-state index contributed by atoms with van der Waals surface area (Å²) in [5.41, 5.74) is 0.107. The zero-order chi connectivity index (χ0) is 18.6. The van der Waals surface area contributed by atoms with Crippen LogP contribution in [0.15, 0.2) is 12.3 Å². The van der Waals surface area contributed by atoms with E-state index in [2.05, 4.69) is 15.5 Å². The van der Waals surface area contributed by atoms with Gasteiger partial charge < -0.3 is 5.32 Å². The Kier molecular flexibility index (Phi) is 6.10. The summed E-state index contributed by atoms with van der Waals surface area (Å²) in [5.74, 6) is -0.253. The number of nitrogens with zero attached hydrogens (tertiary/aromatic N) is 4. The molecule has 1 amide bonds. The second-order valence-electron chi connectivity index (χ2n) is 5.62. The molecular formula is C15H19ClF3N5O. The molecule has 138 valence electrons. The molecule has 10 heteroatoms. The van der Waals surface area contributed by atoms with Gasteiger partial charge in [-0.05, 0) is 26.3 Å². The van der Waals surface area contributed by atoms with E-state index in [-0.39, 0.29) is 24.6 Å². The standard InChI is InChI=1S/C15H19ClF3N5O/c1-10-4-7-21-23(10)8-3-6-20-12(25)5-9-24-11(2)13(16)14(22-24)15(17,18)19/h4,7H,3,5-6,8-9H2,1-2H3,(H,20,25). The van der Waals surface area contributed by atoms with Crippen LogP contribution in [0, 0.1) is 13.8 Å². The van der Waals surface area contributed by atoms with Crippen LogP contribution in [0.4, 0.5) is 13.2 Å². The molecular weight excluding hydrogens is 359 g/mol. The third-order valence-corrected chi connectivity index (χ3v) is 4.20. The zero-order valence-electron chi connectivity index (χ0n) is 13.9. The first-order valence-corrected chi connectivity index (χ1v) is 8.13. The van der Waals surface area contributed by atoms with Crippen molar-refractivity contribution in [2.45, 2.75) is 46.0 Å². The lowest BCUT2D eigenvalue weighted by Crippen LogP contribution is -2.26. The lowest BCUT2D eigenvalue weighted by molar-refractivity contribution is -0.141. The molecule has 2 heterocycles. The van der Waals surface area contributed by atoms with Crippen molar-refractivity contribution < 1.29 is 18.0 Å². The highest BCUT2D eigenvalue weighted by molar-refractivity contribution is 6.31.